The van der Waals surface area contributed by atoms with E-state index in [1.807, 2.05) is 6.92 Å². The number of nitrogens with one attached hydrogen (secondary N) is 1. The maximum absolute atomic E-state index is 13.6. The molecule has 0 aromatic carbocycles. The summed E-state index contributed by atoms with van der Waals surface area (Å²) in [4.78, 5) is 51.5. The van der Waals surface area contributed by atoms with E-state index in [1.165, 1.54) is 16.8 Å². The van der Waals surface area contributed by atoms with Gasteiger partial charge in [-0.05, 0) is 43.4 Å². The summed E-state index contributed by atoms with van der Waals surface area (Å²) in [6.07, 6.45) is 4.18. The largest absolute Gasteiger partial charge is 0.349 e. The zero-order chi connectivity index (χ0) is 23.8. The Morgan fingerprint density at radius 2 is 2.06 bits per heavy atom. The van der Waals surface area contributed by atoms with Crippen molar-refractivity contribution < 1.29 is 9.59 Å². The Bertz CT molecular complexity index is 1440. The maximum atomic E-state index is 13.6. The number of hydrogen-bond donors (Lipinski definition) is 1. The van der Waals surface area contributed by atoms with Crippen molar-refractivity contribution >= 4 is 56.5 Å². The van der Waals surface area contributed by atoms with Crippen molar-refractivity contribution in [2.24, 2.45) is 5.92 Å². The lowest BCUT2D eigenvalue weighted by Crippen LogP contribution is -2.49. The summed E-state index contributed by atoms with van der Waals surface area (Å²) in [6.45, 7) is 1.89. The molecule has 1 atom stereocenters. The predicted octanol–water partition coefficient (Wildman–Crippen LogP) is 3.13. The molecule has 176 valence electrons. The molecule has 8 nitrogen and oxygen atoms in total. The Morgan fingerprint density at radius 3 is 2.76 bits per heavy atom. The molecule has 1 N–H and O–H groups in total. The first-order valence-electron chi connectivity index (χ1n) is 11.4. The normalized spacial score (nSPS) is 20.2. The molecule has 3 aliphatic rings. The Balaban J connectivity index is 1.41. The van der Waals surface area contributed by atoms with Crippen LogP contribution in [-0.2, 0) is 23.2 Å². The summed E-state index contributed by atoms with van der Waals surface area (Å²) in [5.41, 5.74) is 2.42. The Kier molecular flexibility index (Phi) is 4.90. The molecule has 0 bridgehead atoms. The standard InChI is InChI=1S/C24H25N5O3S2/c1-12-6-15(23(32)29-19(12)16(30)8-24(29)9-33-10-24)27-20-18-14-5-4-13(22(31)28(2)3)7-17(14)34-21(18)26-11-25-20/h6,11,13H,4-5,7-10H2,1-3H3,(H,25,26,27)/t13-/m0/s1. The van der Waals surface area contributed by atoms with Crippen molar-refractivity contribution in [1.82, 2.24) is 19.4 Å². The molecule has 1 fully saturated rings. The number of rotatable bonds is 3. The van der Waals surface area contributed by atoms with Crippen molar-refractivity contribution in [3.8, 4) is 0 Å². The third kappa shape index (κ3) is 3.07. The van der Waals surface area contributed by atoms with Crippen LogP contribution in [0.4, 0.5) is 11.5 Å². The summed E-state index contributed by atoms with van der Waals surface area (Å²) in [5.74, 6) is 2.39. The van der Waals surface area contributed by atoms with Gasteiger partial charge in [-0.25, -0.2) is 9.97 Å². The molecule has 10 heteroatoms. The number of nitrogens with zero attached hydrogens (tertiary/aromatic N) is 4. The molecule has 0 unspecified atom stereocenters. The van der Waals surface area contributed by atoms with E-state index in [2.05, 4.69) is 15.3 Å². The van der Waals surface area contributed by atoms with Gasteiger partial charge in [0.05, 0.1) is 16.6 Å². The van der Waals surface area contributed by atoms with Gasteiger partial charge in [-0.2, -0.15) is 11.8 Å². The fourth-order valence-electron chi connectivity index (χ4n) is 5.57. The second-order valence-electron chi connectivity index (χ2n) is 9.75. The number of carbonyl (C=O) groups is 2. The second-order valence-corrected chi connectivity index (χ2v) is 11.8. The van der Waals surface area contributed by atoms with Gasteiger partial charge >= 0.3 is 0 Å². The van der Waals surface area contributed by atoms with Gasteiger partial charge in [-0.3, -0.25) is 19.0 Å². The molecular weight excluding hydrogens is 470 g/mol. The Morgan fingerprint density at radius 1 is 1.26 bits per heavy atom. The SMILES string of the molecule is Cc1cc(Nc2ncnc3sc4c(c23)CC[C@H](C(=O)N(C)C)C4)c(=O)n2c1C(=O)CC21CSC1. The third-order valence-electron chi connectivity index (χ3n) is 7.25. The predicted molar refractivity (Wildman–Crippen MR) is 135 cm³/mol. The first-order chi connectivity index (χ1) is 16.3. The average Bonchev–Trinajstić information content (AvgIpc) is 3.32. The van der Waals surface area contributed by atoms with E-state index in [1.54, 1.807) is 52.7 Å². The molecule has 3 aromatic rings. The monoisotopic (exact) mass is 495 g/mol. The Labute approximate surface area is 204 Å². The summed E-state index contributed by atoms with van der Waals surface area (Å²) < 4.78 is 1.74. The number of aromatic nitrogens is 3. The van der Waals surface area contributed by atoms with Crippen LogP contribution >= 0.6 is 23.1 Å². The molecule has 0 saturated carbocycles. The van der Waals surface area contributed by atoms with Crippen LogP contribution in [0.3, 0.4) is 0 Å². The second kappa shape index (κ2) is 7.64. The number of amides is 1. The highest BCUT2D eigenvalue weighted by atomic mass is 32.2. The number of fused-ring (bicyclic) bond motifs is 5. The first-order valence-corrected chi connectivity index (χ1v) is 13.4. The van der Waals surface area contributed by atoms with Gasteiger partial charge in [-0.1, -0.05) is 0 Å². The van der Waals surface area contributed by atoms with Crippen LogP contribution in [0, 0.1) is 12.8 Å². The lowest BCUT2D eigenvalue weighted by atomic mass is 9.87. The van der Waals surface area contributed by atoms with E-state index in [0.717, 1.165) is 40.1 Å². The molecule has 1 saturated heterocycles. The lowest BCUT2D eigenvalue weighted by molar-refractivity contribution is -0.133. The first kappa shape index (κ1) is 21.8. The molecule has 2 aliphatic heterocycles. The quantitative estimate of drug-likeness (QED) is 0.596. The van der Waals surface area contributed by atoms with E-state index >= 15 is 0 Å². The van der Waals surface area contributed by atoms with Crippen molar-refractivity contribution in [2.75, 3.05) is 30.9 Å². The summed E-state index contributed by atoms with van der Waals surface area (Å²) in [6, 6.07) is 1.77. The summed E-state index contributed by atoms with van der Waals surface area (Å²) in [5, 5.41) is 4.24. The van der Waals surface area contributed by atoms with E-state index in [9.17, 15) is 14.4 Å². The summed E-state index contributed by atoms with van der Waals surface area (Å²) in [7, 11) is 3.60. The van der Waals surface area contributed by atoms with Gasteiger partial charge in [0.1, 0.15) is 22.7 Å². The molecule has 34 heavy (non-hydrogen) atoms. The minimum Gasteiger partial charge on any atom is -0.349 e. The molecule has 1 spiro atoms. The number of carbonyl (C=O) groups excluding carboxylic acids is 2. The third-order valence-corrected chi connectivity index (χ3v) is 9.89. The number of Topliss-reactive ketones (excluding diaryl/α,β-unsaturated/α-hetero) is 1. The van der Waals surface area contributed by atoms with Crippen molar-refractivity contribution in [3.05, 3.63) is 44.4 Å². The molecule has 1 aliphatic carbocycles. The fourth-order valence-corrected chi connectivity index (χ4v) is 7.98. The fraction of sp³-hybridized carbons (Fsp3) is 0.458. The number of thioether (sulfide) groups is 1. The van der Waals surface area contributed by atoms with E-state index in [0.29, 0.717) is 30.0 Å². The van der Waals surface area contributed by atoms with Gasteiger partial charge in [-0.15, -0.1) is 11.3 Å². The Hall–Kier alpha value is -2.72. The minimum absolute atomic E-state index is 0.0157. The number of anilines is 2. The molecule has 1 amide bonds. The molecule has 0 radical (unpaired) electrons. The molecule has 5 heterocycles. The van der Waals surface area contributed by atoms with Crippen molar-refractivity contribution in [2.45, 2.75) is 38.1 Å². The van der Waals surface area contributed by atoms with Gasteiger partial charge in [0.15, 0.2) is 5.78 Å². The highest BCUT2D eigenvalue weighted by Gasteiger charge is 2.49. The molecule has 3 aromatic heterocycles. The van der Waals surface area contributed by atoms with Gasteiger partial charge in [0.2, 0.25) is 5.91 Å². The highest BCUT2D eigenvalue weighted by Crippen LogP contribution is 2.45. The summed E-state index contributed by atoms with van der Waals surface area (Å²) >= 11 is 3.37. The van der Waals surface area contributed by atoms with Crippen LogP contribution < -0.4 is 10.9 Å². The zero-order valence-corrected chi connectivity index (χ0v) is 20.9. The number of hydrogen-bond acceptors (Lipinski definition) is 8. The van der Waals surface area contributed by atoms with Crippen LogP contribution in [0.1, 0.15) is 39.3 Å². The van der Waals surface area contributed by atoms with Gasteiger partial charge in [0.25, 0.3) is 5.56 Å². The molecule has 6 rings (SSSR count). The van der Waals surface area contributed by atoms with Crippen LogP contribution in [-0.4, -0.2) is 56.7 Å². The number of ketones is 1. The van der Waals surface area contributed by atoms with E-state index in [4.69, 9.17) is 0 Å². The van der Waals surface area contributed by atoms with Gasteiger partial charge < -0.3 is 10.2 Å². The highest BCUT2D eigenvalue weighted by molar-refractivity contribution is 8.00. The van der Waals surface area contributed by atoms with E-state index < -0.39 is 0 Å². The topological polar surface area (TPSA) is 97.2 Å². The molecular formula is C24H25N5O3S2. The van der Waals surface area contributed by atoms with Crippen LogP contribution in [0.2, 0.25) is 0 Å². The maximum Gasteiger partial charge on any atom is 0.275 e. The van der Waals surface area contributed by atoms with Crippen LogP contribution in [0.15, 0.2) is 17.2 Å². The smallest absolute Gasteiger partial charge is 0.275 e. The van der Waals surface area contributed by atoms with Crippen LogP contribution in [0.5, 0.6) is 0 Å². The van der Waals surface area contributed by atoms with E-state index in [-0.39, 0.29) is 28.7 Å². The van der Waals surface area contributed by atoms with Crippen LogP contribution in [0.25, 0.3) is 10.2 Å². The number of thiophene rings is 1. The lowest BCUT2D eigenvalue weighted by Gasteiger charge is -2.39. The van der Waals surface area contributed by atoms with Crippen molar-refractivity contribution in [1.29, 1.82) is 0 Å². The minimum atomic E-state index is -0.382. The number of aryl methyl sites for hydroxylation is 2. The van der Waals surface area contributed by atoms with Gasteiger partial charge in [0, 0.05) is 42.8 Å². The van der Waals surface area contributed by atoms with Crippen molar-refractivity contribution in [3.63, 3.8) is 0 Å². The zero-order valence-electron chi connectivity index (χ0n) is 19.3. The number of pyridine rings is 1. The average molecular weight is 496 g/mol.